The zero-order valence-electron chi connectivity index (χ0n) is 37.5. The van der Waals surface area contributed by atoms with Gasteiger partial charge in [0.05, 0.1) is 0 Å². The minimum atomic E-state index is 0.131. The van der Waals surface area contributed by atoms with Crippen molar-refractivity contribution in [2.24, 2.45) is 45.3 Å². The Bertz CT molecular complexity index is 1480. The van der Waals surface area contributed by atoms with Crippen LogP contribution in [0.1, 0.15) is 170 Å². The predicted octanol–water partition coefficient (Wildman–Crippen LogP) is 12.6. The fourth-order valence-electron chi connectivity index (χ4n) is 6.67. The van der Waals surface area contributed by atoms with Crippen LogP contribution in [-0.4, -0.2) is 28.9 Å². The minimum Gasteiger partial charge on any atom is -0.295 e. The number of hydrogen-bond acceptors (Lipinski definition) is 5. The van der Waals surface area contributed by atoms with Crippen LogP contribution in [0.4, 0.5) is 0 Å². The van der Waals surface area contributed by atoms with Gasteiger partial charge in [0.2, 0.25) is 0 Å². The first-order valence-electron chi connectivity index (χ1n) is 20.0. The molecule has 0 fully saturated rings. The molecule has 0 amide bonds. The van der Waals surface area contributed by atoms with Crippen LogP contribution in [0.25, 0.3) is 0 Å². The Kier molecular flexibility index (Phi) is 19.5. The van der Waals surface area contributed by atoms with Gasteiger partial charge in [0.15, 0.2) is 28.9 Å². The molecule has 0 aromatic heterocycles. The van der Waals surface area contributed by atoms with Crippen molar-refractivity contribution in [3.05, 3.63) is 58.2 Å². The SMILES string of the molecule is CC1=C(C)C(=O)CC(C)(C)C1.CC1=CC(=O)C(C)C(C)(C)C1.CC1=CC(C)C(C)(C)CC1=O.CC1C=CC(=O)C(C)C1(C)C.CCC(=O)/C=C(/C)CC. The van der Waals surface area contributed by atoms with Crippen LogP contribution < -0.4 is 0 Å². The monoisotopic (exact) mass is 735 g/mol. The van der Waals surface area contributed by atoms with Crippen molar-refractivity contribution in [3.8, 4) is 0 Å². The average molecular weight is 735 g/mol. The van der Waals surface area contributed by atoms with Gasteiger partial charge in [-0.1, -0.05) is 126 Å². The summed E-state index contributed by atoms with van der Waals surface area (Å²) in [6, 6.07) is 0. The van der Waals surface area contributed by atoms with Crippen LogP contribution in [-0.2, 0) is 24.0 Å². The van der Waals surface area contributed by atoms with Crippen LogP contribution in [0, 0.1) is 45.3 Å². The lowest BCUT2D eigenvalue weighted by Crippen LogP contribution is -2.35. The molecule has 0 bridgehead atoms. The third kappa shape index (κ3) is 16.1. The standard InChI is InChI=1S/4C10H16O.C8H14O/c1-7-5-10(3,4)6-9(11)8(7)2;1-7-5-8(2)10(3,4)6-9(7)11;1-7-5-9(11)8(2)10(3,4)6-7;1-7-5-6-9(11)8(2)10(7,3)4;1-4-7(3)6-8(9)5-2/h5-6H2,1-4H3;2*5,8H,6H2,1-4H3;5-8H,1-4H3;6H,4-5H2,1-3H3/b;;;;7-6-. The van der Waals surface area contributed by atoms with Gasteiger partial charge in [-0.2, -0.15) is 0 Å². The molecular formula is C48H78O5. The summed E-state index contributed by atoms with van der Waals surface area (Å²) in [6.45, 7) is 39.5. The first-order valence-corrected chi connectivity index (χ1v) is 20.0. The molecule has 4 atom stereocenters. The summed E-state index contributed by atoms with van der Waals surface area (Å²) in [5.74, 6) is 2.83. The van der Waals surface area contributed by atoms with Crippen LogP contribution in [0.15, 0.2) is 58.2 Å². The molecule has 0 saturated carbocycles. The van der Waals surface area contributed by atoms with E-state index in [4.69, 9.17) is 0 Å². The molecule has 0 spiro atoms. The normalized spacial score (nSPS) is 26.9. The van der Waals surface area contributed by atoms with Gasteiger partial charge in [0.25, 0.3) is 0 Å². The topological polar surface area (TPSA) is 85.3 Å². The molecule has 5 nitrogen and oxygen atoms in total. The molecule has 53 heavy (non-hydrogen) atoms. The second kappa shape index (κ2) is 20.7. The van der Waals surface area contributed by atoms with E-state index in [1.807, 2.05) is 54.5 Å². The number of carbonyl (C=O) groups is 5. The van der Waals surface area contributed by atoms with Gasteiger partial charge in [-0.25, -0.2) is 0 Å². The summed E-state index contributed by atoms with van der Waals surface area (Å²) in [5.41, 5.74) is 6.24. The molecule has 300 valence electrons. The lowest BCUT2D eigenvalue weighted by Gasteiger charge is -2.37. The highest BCUT2D eigenvalue weighted by molar-refractivity contribution is 5.97. The first-order chi connectivity index (χ1) is 23.9. The van der Waals surface area contributed by atoms with E-state index in [1.165, 1.54) is 16.7 Å². The number of ketones is 5. The third-order valence-electron chi connectivity index (χ3n) is 12.5. The fourth-order valence-corrected chi connectivity index (χ4v) is 6.67. The molecule has 4 aliphatic rings. The average Bonchev–Trinajstić information content (AvgIpc) is 3.03. The van der Waals surface area contributed by atoms with Crippen molar-refractivity contribution >= 4 is 28.9 Å². The zero-order valence-corrected chi connectivity index (χ0v) is 37.5. The maximum absolute atomic E-state index is 11.4. The Morgan fingerprint density at radius 1 is 0.698 bits per heavy atom. The van der Waals surface area contributed by atoms with Gasteiger partial charge in [0, 0.05) is 31.1 Å². The molecule has 0 aliphatic heterocycles. The molecule has 4 unspecified atom stereocenters. The lowest BCUT2D eigenvalue weighted by atomic mass is 9.66. The Hall–Kier alpha value is -2.95. The van der Waals surface area contributed by atoms with Crippen molar-refractivity contribution in [2.75, 3.05) is 0 Å². The summed E-state index contributed by atoms with van der Waals surface area (Å²) >= 11 is 0. The van der Waals surface area contributed by atoms with E-state index in [-0.39, 0.29) is 45.1 Å². The Labute approximate surface area is 325 Å². The molecule has 0 heterocycles. The largest absolute Gasteiger partial charge is 0.295 e. The van der Waals surface area contributed by atoms with E-state index >= 15 is 0 Å². The molecule has 4 aliphatic carbocycles. The maximum Gasteiger partial charge on any atom is 0.159 e. The number of rotatable bonds is 3. The van der Waals surface area contributed by atoms with E-state index in [2.05, 4.69) is 89.2 Å². The van der Waals surface area contributed by atoms with Gasteiger partial charge in [-0.15, -0.1) is 0 Å². The van der Waals surface area contributed by atoms with E-state index in [0.29, 0.717) is 42.0 Å². The summed E-state index contributed by atoms with van der Waals surface area (Å²) in [6.07, 6.45) is 14.5. The number of carbonyl (C=O) groups excluding carboxylic acids is 5. The third-order valence-corrected chi connectivity index (χ3v) is 12.5. The minimum absolute atomic E-state index is 0.131. The molecule has 0 N–H and O–H groups in total. The smallest absolute Gasteiger partial charge is 0.159 e. The summed E-state index contributed by atoms with van der Waals surface area (Å²) in [7, 11) is 0. The number of allylic oxidation sites excluding steroid dienone is 10. The quantitative estimate of drug-likeness (QED) is 0.269. The van der Waals surface area contributed by atoms with Crippen LogP contribution in [0.5, 0.6) is 0 Å². The molecular weight excluding hydrogens is 657 g/mol. The van der Waals surface area contributed by atoms with Crippen molar-refractivity contribution in [3.63, 3.8) is 0 Å². The Morgan fingerprint density at radius 3 is 1.68 bits per heavy atom. The highest BCUT2D eigenvalue weighted by atomic mass is 16.1. The van der Waals surface area contributed by atoms with Gasteiger partial charge in [-0.05, 0) is 117 Å². The fraction of sp³-hybridized carbons (Fsp3) is 0.688. The maximum atomic E-state index is 11.4. The van der Waals surface area contributed by atoms with E-state index in [0.717, 1.165) is 36.8 Å². The summed E-state index contributed by atoms with van der Waals surface area (Å²) < 4.78 is 0. The lowest BCUT2D eigenvalue weighted by molar-refractivity contribution is -0.123. The highest BCUT2D eigenvalue weighted by Crippen LogP contribution is 2.40. The summed E-state index contributed by atoms with van der Waals surface area (Å²) in [4.78, 5) is 56.0. The first kappa shape index (κ1) is 50.1. The van der Waals surface area contributed by atoms with Crippen molar-refractivity contribution in [1.82, 2.24) is 0 Å². The van der Waals surface area contributed by atoms with Crippen molar-refractivity contribution in [2.45, 2.75) is 170 Å². The van der Waals surface area contributed by atoms with E-state index < -0.39 is 0 Å². The van der Waals surface area contributed by atoms with Gasteiger partial charge < -0.3 is 0 Å². The molecule has 0 aromatic carbocycles. The molecule has 4 rings (SSSR count). The van der Waals surface area contributed by atoms with E-state index in [9.17, 15) is 24.0 Å². The highest BCUT2D eigenvalue weighted by Gasteiger charge is 2.37. The summed E-state index contributed by atoms with van der Waals surface area (Å²) in [5, 5.41) is 0. The Morgan fingerprint density at radius 2 is 1.25 bits per heavy atom. The van der Waals surface area contributed by atoms with Gasteiger partial charge in [0.1, 0.15) is 0 Å². The molecule has 0 aromatic rings. The second-order valence-corrected chi connectivity index (χ2v) is 19.1. The van der Waals surface area contributed by atoms with E-state index in [1.54, 1.807) is 18.2 Å². The van der Waals surface area contributed by atoms with Crippen molar-refractivity contribution in [1.29, 1.82) is 0 Å². The van der Waals surface area contributed by atoms with Crippen LogP contribution in [0.3, 0.4) is 0 Å². The van der Waals surface area contributed by atoms with Crippen LogP contribution >= 0.6 is 0 Å². The predicted molar refractivity (Wildman–Crippen MR) is 225 cm³/mol. The second-order valence-electron chi connectivity index (χ2n) is 19.1. The zero-order chi connectivity index (χ0) is 41.9. The van der Waals surface area contributed by atoms with Gasteiger partial charge in [-0.3, -0.25) is 24.0 Å². The molecule has 0 radical (unpaired) electrons. The molecule has 0 saturated heterocycles. The number of Topliss-reactive ketones (excluding diaryl/α,β-unsaturated/α-hetero) is 2. The van der Waals surface area contributed by atoms with Crippen molar-refractivity contribution < 1.29 is 24.0 Å². The van der Waals surface area contributed by atoms with Crippen LogP contribution in [0.2, 0.25) is 0 Å². The Balaban J connectivity index is 0.000000639. The number of hydrogen-bond donors (Lipinski definition) is 0. The molecule has 5 heteroatoms. The van der Waals surface area contributed by atoms with Gasteiger partial charge >= 0.3 is 0 Å².